The van der Waals surface area contributed by atoms with Crippen molar-refractivity contribution in [3.63, 3.8) is 0 Å². The van der Waals surface area contributed by atoms with Gasteiger partial charge in [0.1, 0.15) is 29.6 Å². The predicted octanol–water partition coefficient (Wildman–Crippen LogP) is 3.66. The molecule has 2 atom stereocenters. The summed E-state index contributed by atoms with van der Waals surface area (Å²) in [4.78, 5) is 61.4. The van der Waals surface area contributed by atoms with E-state index in [4.69, 9.17) is 18.9 Å². The Balaban J connectivity index is 2.96. The molecule has 0 aliphatic heterocycles. The number of nitrogens with one attached hydrogen (secondary N) is 3. The maximum Gasteiger partial charge on any atom is 0.414 e. The lowest BCUT2D eigenvalue weighted by molar-refractivity contribution is -0.146. The summed E-state index contributed by atoms with van der Waals surface area (Å²) in [6.45, 7) is 14.7. The summed E-state index contributed by atoms with van der Waals surface area (Å²) in [6, 6.07) is 4.81. The minimum absolute atomic E-state index is 0.0272. The molecule has 0 saturated carbocycles. The van der Waals surface area contributed by atoms with E-state index in [1.165, 1.54) is 37.3 Å². The number of amides is 3. The van der Waals surface area contributed by atoms with Crippen molar-refractivity contribution in [1.29, 1.82) is 0 Å². The maximum absolute atomic E-state index is 12.5. The number of hydrogen-bond acceptors (Lipinski definition) is 9. The molecule has 222 valence electrons. The minimum Gasteiger partial charge on any atom is -0.478 e. The Morgan fingerprint density at radius 3 is 1.90 bits per heavy atom. The first-order valence-corrected chi connectivity index (χ1v) is 12.5. The van der Waals surface area contributed by atoms with Crippen molar-refractivity contribution >= 4 is 30.2 Å². The summed E-state index contributed by atoms with van der Waals surface area (Å²) < 4.78 is 20.6. The topological polar surface area (TPSA) is 179 Å². The summed E-state index contributed by atoms with van der Waals surface area (Å²) in [5.41, 5.74) is -3.29. The first kappa shape index (κ1) is 33.7. The highest BCUT2D eigenvalue weighted by Crippen LogP contribution is 2.17. The van der Waals surface area contributed by atoms with Crippen molar-refractivity contribution in [2.75, 3.05) is 6.61 Å². The smallest absolute Gasteiger partial charge is 0.414 e. The van der Waals surface area contributed by atoms with Crippen molar-refractivity contribution in [3.05, 3.63) is 42.5 Å². The predicted molar refractivity (Wildman–Crippen MR) is 144 cm³/mol. The number of carbonyl (C=O) groups excluding carboxylic acids is 4. The lowest BCUT2D eigenvalue weighted by atomic mass is 10.1. The quantitative estimate of drug-likeness (QED) is 0.134. The molecular weight excluding hydrogens is 526 g/mol. The molecule has 13 nitrogen and oxygen atoms in total. The lowest BCUT2D eigenvalue weighted by Gasteiger charge is -2.31. The molecule has 1 aromatic carbocycles. The van der Waals surface area contributed by atoms with Crippen molar-refractivity contribution in [2.45, 2.75) is 84.2 Å². The molecule has 3 amide bonds. The molecule has 0 saturated heterocycles. The van der Waals surface area contributed by atoms with Gasteiger partial charge < -0.3 is 29.4 Å². The number of ether oxygens (including phenoxy) is 4. The molecule has 0 aromatic heterocycles. The molecule has 1 aromatic rings. The number of benzene rings is 1. The van der Waals surface area contributed by atoms with Crippen molar-refractivity contribution in [3.8, 4) is 5.75 Å². The normalized spacial score (nSPS) is 13.5. The molecule has 0 aliphatic rings. The number of esters is 1. The maximum atomic E-state index is 12.5. The number of aliphatic carboxylic acids is 1. The van der Waals surface area contributed by atoms with Gasteiger partial charge in [-0.15, -0.1) is 0 Å². The minimum atomic E-state index is -2.19. The molecule has 13 heteroatoms. The second-order valence-electron chi connectivity index (χ2n) is 10.7. The molecule has 0 spiro atoms. The van der Waals surface area contributed by atoms with Gasteiger partial charge in [0.25, 0.3) is 0 Å². The number of carbonyl (C=O) groups is 5. The van der Waals surface area contributed by atoms with Gasteiger partial charge in [-0.05, 0) is 65.7 Å². The van der Waals surface area contributed by atoms with E-state index in [1.54, 1.807) is 41.5 Å². The average Bonchev–Trinajstić information content (AvgIpc) is 2.80. The van der Waals surface area contributed by atoms with Crippen LogP contribution in [0.1, 0.15) is 60.5 Å². The third-order valence-corrected chi connectivity index (χ3v) is 4.82. The highest BCUT2D eigenvalue weighted by atomic mass is 16.6. The van der Waals surface area contributed by atoms with Gasteiger partial charge in [0.2, 0.25) is 5.66 Å². The van der Waals surface area contributed by atoms with Crippen molar-refractivity contribution < 1.29 is 48.0 Å². The van der Waals surface area contributed by atoms with E-state index in [0.717, 1.165) is 0 Å². The van der Waals surface area contributed by atoms with Gasteiger partial charge in [0.05, 0.1) is 0 Å². The summed E-state index contributed by atoms with van der Waals surface area (Å²) in [5, 5.41) is 16.5. The fourth-order valence-corrected chi connectivity index (χ4v) is 3.06. The van der Waals surface area contributed by atoms with Crippen LogP contribution in [0.2, 0.25) is 0 Å². The van der Waals surface area contributed by atoms with Gasteiger partial charge >= 0.3 is 30.2 Å². The zero-order chi connectivity index (χ0) is 30.7. The standard InChI is InChI=1S/C27H39N3O10/c1-9-15-37-20(31)19(28-22(34)39-25(3,4)5)16-17-11-13-18(14-12-17)38-23(35)29-27(10-2,21(32)33)30-24(36)40-26(6,7)8/h9,11-14,19H,1,10,15-16H2,2-8H3,(H,28,34)(H,29,35)(H,30,36)(H,32,33)/t19-,27?/m0/s1. The summed E-state index contributed by atoms with van der Waals surface area (Å²) in [6.07, 6.45) is -1.79. The SMILES string of the molecule is C=CCOC(=O)[C@H](Cc1ccc(OC(=O)NC(CC)(NC(=O)OC(C)(C)C)C(=O)O)cc1)NC(=O)OC(C)(C)C. The molecule has 1 unspecified atom stereocenters. The van der Waals surface area contributed by atoms with Crippen molar-refractivity contribution in [1.82, 2.24) is 16.0 Å². The zero-order valence-electron chi connectivity index (χ0n) is 23.9. The van der Waals surface area contributed by atoms with E-state index in [1.807, 2.05) is 0 Å². The van der Waals surface area contributed by atoms with Crippen LogP contribution >= 0.6 is 0 Å². The Kier molecular flexibility index (Phi) is 12.0. The van der Waals surface area contributed by atoms with Crippen LogP contribution in [0.3, 0.4) is 0 Å². The fourth-order valence-electron chi connectivity index (χ4n) is 3.06. The van der Waals surface area contributed by atoms with Crippen LogP contribution in [0, 0.1) is 0 Å². The number of rotatable bonds is 11. The summed E-state index contributed by atoms with van der Waals surface area (Å²) in [5.74, 6) is -2.19. The third-order valence-electron chi connectivity index (χ3n) is 4.82. The Morgan fingerprint density at radius 1 is 0.900 bits per heavy atom. The molecule has 0 heterocycles. The van der Waals surface area contributed by atoms with Crippen LogP contribution < -0.4 is 20.7 Å². The average molecular weight is 566 g/mol. The molecular formula is C27H39N3O10. The van der Waals surface area contributed by atoms with Gasteiger partial charge in [0, 0.05) is 6.42 Å². The second kappa shape index (κ2) is 14.2. The van der Waals surface area contributed by atoms with E-state index in [9.17, 15) is 29.1 Å². The zero-order valence-corrected chi connectivity index (χ0v) is 23.9. The van der Waals surface area contributed by atoms with Gasteiger partial charge in [-0.25, -0.2) is 24.0 Å². The molecule has 0 radical (unpaired) electrons. The van der Waals surface area contributed by atoms with Gasteiger partial charge in [0.15, 0.2) is 0 Å². The van der Waals surface area contributed by atoms with Crippen LogP contribution in [0.4, 0.5) is 14.4 Å². The Labute approximate surface area is 233 Å². The van der Waals surface area contributed by atoms with Crippen LogP contribution in [-0.2, 0) is 30.2 Å². The molecule has 0 bridgehead atoms. The number of alkyl carbamates (subject to hydrolysis) is 2. The summed E-state index contributed by atoms with van der Waals surface area (Å²) in [7, 11) is 0. The highest BCUT2D eigenvalue weighted by molar-refractivity contribution is 5.88. The molecule has 0 aliphatic carbocycles. The molecule has 40 heavy (non-hydrogen) atoms. The monoisotopic (exact) mass is 565 g/mol. The van der Waals surface area contributed by atoms with E-state index in [0.29, 0.717) is 5.56 Å². The molecule has 0 fully saturated rings. The summed E-state index contributed by atoms with van der Waals surface area (Å²) >= 11 is 0. The highest BCUT2D eigenvalue weighted by Gasteiger charge is 2.42. The first-order chi connectivity index (χ1) is 18.4. The largest absolute Gasteiger partial charge is 0.478 e. The second-order valence-corrected chi connectivity index (χ2v) is 10.7. The molecule has 4 N–H and O–H groups in total. The van der Waals surface area contributed by atoms with Crippen molar-refractivity contribution in [2.24, 2.45) is 0 Å². The van der Waals surface area contributed by atoms with Crippen LogP contribution in [0.5, 0.6) is 5.75 Å². The Bertz CT molecular complexity index is 1070. The van der Waals surface area contributed by atoms with Gasteiger partial charge in [-0.1, -0.05) is 31.7 Å². The third kappa shape index (κ3) is 12.0. The van der Waals surface area contributed by atoms with Crippen LogP contribution in [0.25, 0.3) is 0 Å². The van der Waals surface area contributed by atoms with E-state index in [-0.39, 0.29) is 25.2 Å². The number of carboxylic acids is 1. The Hall–Kier alpha value is -4.29. The van der Waals surface area contributed by atoms with Crippen LogP contribution in [0.15, 0.2) is 36.9 Å². The fraction of sp³-hybridized carbons (Fsp3) is 0.519. The number of carboxylic acid groups (broad SMARTS) is 1. The van der Waals surface area contributed by atoms with Gasteiger partial charge in [-0.2, -0.15) is 0 Å². The first-order valence-electron chi connectivity index (χ1n) is 12.5. The molecule has 1 rings (SSSR count). The van der Waals surface area contributed by atoms with Crippen LogP contribution in [-0.4, -0.2) is 64.8 Å². The van der Waals surface area contributed by atoms with E-state index >= 15 is 0 Å². The van der Waals surface area contributed by atoms with Gasteiger partial charge in [-0.3, -0.25) is 10.6 Å². The lowest BCUT2D eigenvalue weighted by Crippen LogP contribution is -2.66. The Morgan fingerprint density at radius 2 is 1.43 bits per heavy atom. The number of hydrogen-bond donors (Lipinski definition) is 4. The van der Waals surface area contributed by atoms with E-state index < -0.39 is 53.1 Å². The van der Waals surface area contributed by atoms with E-state index in [2.05, 4.69) is 22.5 Å².